The Labute approximate surface area is 52.7 Å². The minimum absolute atomic E-state index is 0.675. The van der Waals surface area contributed by atoms with Crippen LogP contribution in [0.1, 0.15) is 5.69 Å². The normalized spacial score (nSPS) is 14.7. The van der Waals surface area contributed by atoms with Crippen LogP contribution in [0.25, 0.3) is 0 Å². The molecule has 1 aliphatic rings. The lowest BCUT2D eigenvalue weighted by atomic mass is 10.4. The van der Waals surface area contributed by atoms with E-state index >= 15 is 0 Å². The Kier molecular flexibility index (Phi) is 0.886. The maximum Gasteiger partial charge on any atom is 0.235 e. The van der Waals surface area contributed by atoms with E-state index in [2.05, 4.69) is 16.2 Å². The molecule has 0 aliphatic carbocycles. The van der Waals surface area contributed by atoms with Gasteiger partial charge in [-0.2, -0.15) is 0 Å². The molecule has 0 spiro atoms. The summed E-state index contributed by atoms with van der Waals surface area (Å²) in [4.78, 5) is 7.87. The van der Waals surface area contributed by atoms with Crippen LogP contribution in [-0.4, -0.2) is 16.6 Å². The van der Waals surface area contributed by atoms with Gasteiger partial charge in [0.25, 0.3) is 0 Å². The standard InChI is InChI=1S/C6H5N2O/c1-4-9-6-5(1)7-2-3-8-6/h3H,1,4H2. The van der Waals surface area contributed by atoms with Gasteiger partial charge in [0, 0.05) is 6.42 Å². The molecule has 45 valence electrons. The van der Waals surface area contributed by atoms with Crippen molar-refractivity contribution >= 4 is 0 Å². The Balaban J connectivity index is 2.54. The SMILES string of the molecule is [c]1cnc2c(n1)CCO2. The van der Waals surface area contributed by atoms with E-state index in [1.165, 1.54) is 6.20 Å². The highest BCUT2D eigenvalue weighted by molar-refractivity contribution is 5.20. The highest BCUT2D eigenvalue weighted by atomic mass is 16.5. The maximum atomic E-state index is 5.10. The monoisotopic (exact) mass is 121 g/mol. The third-order valence-corrected chi connectivity index (χ3v) is 1.26. The molecule has 0 saturated heterocycles. The summed E-state index contributed by atoms with van der Waals surface area (Å²) in [5, 5.41) is 0. The lowest BCUT2D eigenvalue weighted by Gasteiger charge is -1.91. The van der Waals surface area contributed by atoms with Crippen LogP contribution in [0.15, 0.2) is 6.20 Å². The fraction of sp³-hybridized carbons (Fsp3) is 0.333. The summed E-state index contributed by atoms with van der Waals surface area (Å²) in [5.74, 6) is 0.675. The summed E-state index contributed by atoms with van der Waals surface area (Å²) < 4.78 is 5.10. The first-order valence-corrected chi connectivity index (χ1v) is 2.81. The molecular weight excluding hydrogens is 116 g/mol. The fourth-order valence-corrected chi connectivity index (χ4v) is 0.844. The van der Waals surface area contributed by atoms with Crippen molar-refractivity contribution in [3.63, 3.8) is 0 Å². The van der Waals surface area contributed by atoms with Crippen LogP contribution >= 0.6 is 0 Å². The minimum atomic E-state index is 0.675. The van der Waals surface area contributed by atoms with Crippen LogP contribution < -0.4 is 4.74 Å². The number of hydrogen-bond acceptors (Lipinski definition) is 3. The van der Waals surface area contributed by atoms with Crippen LogP contribution in [0, 0.1) is 6.20 Å². The van der Waals surface area contributed by atoms with Gasteiger partial charge in [0.15, 0.2) is 0 Å². The zero-order valence-electron chi connectivity index (χ0n) is 4.79. The van der Waals surface area contributed by atoms with E-state index in [4.69, 9.17) is 4.74 Å². The summed E-state index contributed by atoms with van der Waals surface area (Å²) in [5.41, 5.74) is 0.928. The molecule has 1 aromatic rings. The van der Waals surface area contributed by atoms with Crippen molar-refractivity contribution in [3.8, 4) is 5.88 Å². The first kappa shape index (κ1) is 4.73. The molecule has 0 fully saturated rings. The highest BCUT2D eigenvalue weighted by Gasteiger charge is 2.12. The summed E-state index contributed by atoms with van der Waals surface area (Å²) in [6, 6.07) is 0. The smallest absolute Gasteiger partial charge is 0.235 e. The summed E-state index contributed by atoms with van der Waals surface area (Å²) >= 11 is 0. The van der Waals surface area contributed by atoms with Gasteiger partial charge in [0.05, 0.1) is 12.8 Å². The van der Waals surface area contributed by atoms with Gasteiger partial charge in [-0.05, 0) is 0 Å². The van der Waals surface area contributed by atoms with E-state index < -0.39 is 0 Å². The van der Waals surface area contributed by atoms with Gasteiger partial charge in [-0.15, -0.1) is 0 Å². The average molecular weight is 121 g/mol. The first-order valence-electron chi connectivity index (χ1n) is 2.81. The second-order valence-corrected chi connectivity index (χ2v) is 1.85. The van der Waals surface area contributed by atoms with E-state index in [-0.39, 0.29) is 0 Å². The van der Waals surface area contributed by atoms with Gasteiger partial charge < -0.3 is 4.74 Å². The van der Waals surface area contributed by atoms with Crippen LogP contribution in [0.4, 0.5) is 0 Å². The molecule has 0 amide bonds. The molecule has 0 N–H and O–H groups in total. The maximum absolute atomic E-state index is 5.10. The predicted octanol–water partition coefficient (Wildman–Crippen LogP) is 0.212. The Morgan fingerprint density at radius 1 is 1.67 bits per heavy atom. The van der Waals surface area contributed by atoms with Crippen molar-refractivity contribution in [1.29, 1.82) is 0 Å². The lowest BCUT2D eigenvalue weighted by Crippen LogP contribution is -1.87. The molecule has 1 aliphatic heterocycles. The Hall–Kier alpha value is -1.12. The van der Waals surface area contributed by atoms with Crippen LogP contribution in [0.3, 0.4) is 0 Å². The molecule has 2 rings (SSSR count). The van der Waals surface area contributed by atoms with Crippen LogP contribution in [-0.2, 0) is 6.42 Å². The van der Waals surface area contributed by atoms with Crippen LogP contribution in [0.5, 0.6) is 5.88 Å². The van der Waals surface area contributed by atoms with Crippen molar-refractivity contribution in [2.75, 3.05) is 6.61 Å². The van der Waals surface area contributed by atoms with E-state index in [1.807, 2.05) is 0 Å². The van der Waals surface area contributed by atoms with Gasteiger partial charge in [0.1, 0.15) is 11.9 Å². The van der Waals surface area contributed by atoms with E-state index in [9.17, 15) is 0 Å². The Morgan fingerprint density at radius 3 is 3.56 bits per heavy atom. The van der Waals surface area contributed by atoms with Gasteiger partial charge in [-0.25, -0.2) is 9.97 Å². The molecule has 0 saturated carbocycles. The minimum Gasteiger partial charge on any atom is -0.476 e. The highest BCUT2D eigenvalue weighted by Crippen LogP contribution is 2.17. The van der Waals surface area contributed by atoms with E-state index in [1.54, 1.807) is 0 Å². The van der Waals surface area contributed by atoms with Crippen molar-refractivity contribution in [1.82, 2.24) is 9.97 Å². The van der Waals surface area contributed by atoms with Gasteiger partial charge in [-0.3, -0.25) is 0 Å². The number of ether oxygens (including phenoxy) is 1. The van der Waals surface area contributed by atoms with Gasteiger partial charge in [0.2, 0.25) is 5.88 Å². The molecule has 2 heterocycles. The zero-order valence-corrected chi connectivity index (χ0v) is 4.79. The molecule has 3 heteroatoms. The van der Waals surface area contributed by atoms with Gasteiger partial charge in [-0.1, -0.05) is 0 Å². The second kappa shape index (κ2) is 1.69. The van der Waals surface area contributed by atoms with Gasteiger partial charge >= 0.3 is 0 Å². The van der Waals surface area contributed by atoms with Crippen molar-refractivity contribution in [3.05, 3.63) is 18.1 Å². The molecule has 0 aromatic carbocycles. The number of hydrogen-bond donors (Lipinski definition) is 0. The molecule has 1 aromatic heterocycles. The predicted molar refractivity (Wildman–Crippen MR) is 30.1 cm³/mol. The van der Waals surface area contributed by atoms with E-state index in [0.717, 1.165) is 12.1 Å². The number of rotatable bonds is 0. The molecule has 0 unspecified atom stereocenters. The zero-order chi connectivity index (χ0) is 6.10. The quantitative estimate of drug-likeness (QED) is 0.492. The fourth-order valence-electron chi connectivity index (χ4n) is 0.844. The second-order valence-electron chi connectivity index (χ2n) is 1.85. The third-order valence-electron chi connectivity index (χ3n) is 1.26. The summed E-state index contributed by atoms with van der Waals surface area (Å²) in [6.07, 6.45) is 5.04. The number of fused-ring (bicyclic) bond motifs is 1. The first-order chi connectivity index (χ1) is 4.47. The Morgan fingerprint density at radius 2 is 2.67 bits per heavy atom. The number of aromatic nitrogens is 2. The Bertz CT molecular complexity index is 201. The largest absolute Gasteiger partial charge is 0.476 e. The topological polar surface area (TPSA) is 35.0 Å². The number of nitrogens with zero attached hydrogens (tertiary/aromatic N) is 2. The molecule has 1 radical (unpaired) electrons. The molecule has 0 bridgehead atoms. The average Bonchev–Trinajstić information content (AvgIpc) is 2.33. The molecule has 9 heavy (non-hydrogen) atoms. The van der Waals surface area contributed by atoms with Crippen molar-refractivity contribution < 1.29 is 4.74 Å². The molecule has 0 atom stereocenters. The van der Waals surface area contributed by atoms with Crippen molar-refractivity contribution in [2.24, 2.45) is 0 Å². The molecule has 3 nitrogen and oxygen atoms in total. The summed E-state index contributed by atoms with van der Waals surface area (Å²) in [7, 11) is 0. The lowest BCUT2D eigenvalue weighted by molar-refractivity contribution is 0.344. The van der Waals surface area contributed by atoms with Crippen LogP contribution in [0.2, 0.25) is 0 Å². The summed E-state index contributed by atoms with van der Waals surface area (Å²) in [6.45, 7) is 0.715. The van der Waals surface area contributed by atoms with E-state index in [0.29, 0.717) is 12.5 Å². The molecular formula is C6H5N2O. The third kappa shape index (κ3) is 0.650. The van der Waals surface area contributed by atoms with Crippen molar-refractivity contribution in [2.45, 2.75) is 6.42 Å².